The first kappa shape index (κ1) is 40.6. The maximum Gasteiger partial charge on any atom is 0.139 e. The maximum atomic E-state index is 7.02. The first-order valence-corrected chi connectivity index (χ1v) is 23.4. The Labute approximate surface area is 385 Å². The van der Waals surface area contributed by atoms with Gasteiger partial charge < -0.3 is 14.5 Å². The zero-order valence-electron chi connectivity index (χ0n) is 38.1. The summed E-state index contributed by atoms with van der Waals surface area (Å²) in [7, 11) is 0. The van der Waals surface area contributed by atoms with Crippen LogP contribution in [0.1, 0.15) is 58.2 Å². The number of aromatic nitrogens is 2. The Morgan fingerprint density at radius 3 is 1.80 bits per heavy atom. The van der Waals surface area contributed by atoms with Gasteiger partial charge in [0.15, 0.2) is 0 Å². The normalized spacial score (nSPS) is 13.0. The van der Waals surface area contributed by atoms with Gasteiger partial charge in [0.05, 0.1) is 28.1 Å². The van der Waals surface area contributed by atoms with Crippen LogP contribution in [0.15, 0.2) is 175 Å². The van der Waals surface area contributed by atoms with Crippen molar-refractivity contribution in [3.63, 3.8) is 0 Å². The molecule has 0 spiro atoms. The molecule has 11 rings (SSSR count). The Morgan fingerprint density at radius 1 is 0.523 bits per heavy atom. The predicted molar refractivity (Wildman–Crippen MR) is 276 cm³/mol. The van der Waals surface area contributed by atoms with Gasteiger partial charge in [0, 0.05) is 45.1 Å². The Kier molecular flexibility index (Phi) is 9.70. The highest BCUT2D eigenvalue weighted by atomic mass is 32.1. The molecule has 0 aliphatic carbocycles. The first-order valence-electron chi connectivity index (χ1n) is 22.5. The van der Waals surface area contributed by atoms with Gasteiger partial charge in [-0.1, -0.05) is 133 Å². The van der Waals surface area contributed by atoms with Crippen molar-refractivity contribution in [2.75, 3.05) is 16.5 Å². The topological polar surface area (TPSA) is 33.5 Å². The number of fused-ring (bicyclic) bond motifs is 5. The number of para-hydroxylation sites is 3. The summed E-state index contributed by atoms with van der Waals surface area (Å²) in [6, 6.07) is 61.7. The molecule has 1 aliphatic rings. The second-order valence-electron chi connectivity index (χ2n) is 19.4. The molecule has 0 unspecified atom stereocenters. The highest BCUT2D eigenvalue weighted by Gasteiger charge is 2.33. The number of nitrogens with zero attached hydrogens (tertiary/aromatic N) is 4. The summed E-state index contributed by atoms with van der Waals surface area (Å²) < 4.78 is 9.31. The summed E-state index contributed by atoms with van der Waals surface area (Å²) in [5, 5.41) is 5.68. The van der Waals surface area contributed by atoms with Gasteiger partial charge in [-0.05, 0) is 118 Å². The van der Waals surface area contributed by atoms with Crippen LogP contribution in [0.25, 0.3) is 60.1 Å². The van der Waals surface area contributed by atoms with E-state index in [-0.39, 0.29) is 10.8 Å². The monoisotopic (exact) mass is 864 g/mol. The Morgan fingerprint density at radius 2 is 1.12 bits per heavy atom. The van der Waals surface area contributed by atoms with E-state index >= 15 is 0 Å². The number of pyridine rings is 1. The summed E-state index contributed by atoms with van der Waals surface area (Å²) in [6.45, 7) is 16.5. The SMILES string of the molecule is Cc1cc(-n2c3ccccc3c3ccc(Oc4cc(N5CN(c6c(-c7ccccc7)cc(C(C)(C)C)cc6-c6ccccc6)c6ccccc65)cc(C(C)(C)C)c4)cc32)nc2sccc12. The molecule has 7 aromatic carbocycles. The molecule has 0 fully saturated rings. The van der Waals surface area contributed by atoms with Gasteiger partial charge in [0.2, 0.25) is 0 Å². The summed E-state index contributed by atoms with van der Waals surface area (Å²) in [6.07, 6.45) is 0. The fraction of sp³-hybridized carbons (Fsp3) is 0.169. The lowest BCUT2D eigenvalue weighted by Gasteiger charge is -2.30. The molecule has 3 aromatic heterocycles. The summed E-state index contributed by atoms with van der Waals surface area (Å²) in [5.41, 5.74) is 15.1. The molecular formula is C59H52N4OS. The maximum absolute atomic E-state index is 7.02. The Bertz CT molecular complexity index is 3360. The Hall–Kier alpha value is -7.15. The van der Waals surface area contributed by atoms with Crippen molar-refractivity contribution in [3.05, 3.63) is 192 Å². The van der Waals surface area contributed by atoms with Gasteiger partial charge in [0.1, 0.15) is 28.8 Å². The lowest BCUT2D eigenvalue weighted by molar-refractivity contribution is 0.479. The van der Waals surface area contributed by atoms with Crippen LogP contribution in [0, 0.1) is 6.92 Å². The molecule has 5 nitrogen and oxygen atoms in total. The average Bonchev–Trinajstić information content (AvgIpc) is 4.03. The zero-order valence-corrected chi connectivity index (χ0v) is 38.9. The van der Waals surface area contributed by atoms with Crippen molar-refractivity contribution in [1.82, 2.24) is 9.55 Å². The zero-order chi connectivity index (χ0) is 44.6. The van der Waals surface area contributed by atoms with Crippen molar-refractivity contribution in [1.29, 1.82) is 0 Å². The minimum Gasteiger partial charge on any atom is -0.457 e. The molecule has 1 aliphatic heterocycles. The van der Waals surface area contributed by atoms with E-state index in [4.69, 9.17) is 9.72 Å². The van der Waals surface area contributed by atoms with E-state index in [0.29, 0.717) is 6.67 Å². The van der Waals surface area contributed by atoms with Gasteiger partial charge in [0.25, 0.3) is 0 Å². The lowest BCUT2D eigenvalue weighted by atomic mass is 9.82. The quantitative estimate of drug-likeness (QED) is 0.160. The van der Waals surface area contributed by atoms with Crippen LogP contribution < -0.4 is 14.5 Å². The fourth-order valence-electron chi connectivity index (χ4n) is 9.50. The summed E-state index contributed by atoms with van der Waals surface area (Å²) in [5.74, 6) is 2.48. The van der Waals surface area contributed by atoms with Crippen molar-refractivity contribution < 1.29 is 4.74 Å². The minimum absolute atomic E-state index is 0.0558. The third-order valence-electron chi connectivity index (χ3n) is 13.0. The first-order chi connectivity index (χ1) is 31.4. The second kappa shape index (κ2) is 15.5. The number of aryl methyl sites for hydroxylation is 1. The molecule has 320 valence electrons. The number of hydrogen-bond donors (Lipinski definition) is 0. The van der Waals surface area contributed by atoms with Gasteiger partial charge >= 0.3 is 0 Å². The van der Waals surface area contributed by atoms with Crippen molar-refractivity contribution >= 4 is 66.1 Å². The van der Waals surface area contributed by atoms with E-state index in [9.17, 15) is 0 Å². The van der Waals surface area contributed by atoms with Gasteiger partial charge in [-0.25, -0.2) is 4.98 Å². The van der Waals surface area contributed by atoms with Crippen LogP contribution in [0.4, 0.5) is 22.7 Å². The largest absolute Gasteiger partial charge is 0.457 e. The minimum atomic E-state index is -0.142. The molecule has 6 heteroatoms. The fourth-order valence-corrected chi connectivity index (χ4v) is 10.3. The van der Waals surface area contributed by atoms with Crippen molar-refractivity contribution in [2.45, 2.75) is 59.3 Å². The summed E-state index contributed by atoms with van der Waals surface area (Å²) >= 11 is 1.68. The average molecular weight is 865 g/mol. The molecular weight excluding hydrogens is 813 g/mol. The van der Waals surface area contributed by atoms with Crippen LogP contribution in [0.5, 0.6) is 11.5 Å². The van der Waals surface area contributed by atoms with E-state index in [2.05, 4.69) is 238 Å². The molecule has 0 bridgehead atoms. The van der Waals surface area contributed by atoms with Crippen molar-refractivity contribution in [2.24, 2.45) is 0 Å². The molecule has 4 heterocycles. The van der Waals surface area contributed by atoms with E-state index in [0.717, 1.165) is 55.6 Å². The van der Waals surface area contributed by atoms with Gasteiger partial charge in [-0.15, -0.1) is 11.3 Å². The van der Waals surface area contributed by atoms with Crippen LogP contribution in [0.3, 0.4) is 0 Å². The van der Waals surface area contributed by atoms with Crippen LogP contribution in [-0.2, 0) is 10.8 Å². The van der Waals surface area contributed by atoms with Crippen molar-refractivity contribution in [3.8, 4) is 39.6 Å². The van der Waals surface area contributed by atoms with E-state index in [1.54, 1.807) is 11.3 Å². The third-order valence-corrected chi connectivity index (χ3v) is 13.8. The van der Waals surface area contributed by atoms with Crippen LogP contribution in [-0.4, -0.2) is 16.2 Å². The standard InChI is InChI=1S/C59H52N4OS/c1-38-30-55(60-57-46(38)28-29-65-57)63-51-23-15-14-22-47(51)48-27-26-44(36-54(48)63)64-45-32-41(58(2,3)4)31-43(35-45)61-37-62(53-25-17-16-24-52(53)61)56-49(39-18-10-8-11-19-39)33-42(59(5,6)7)34-50(56)40-20-12-9-13-21-40/h8-36H,37H2,1-7H3. The lowest BCUT2D eigenvalue weighted by Crippen LogP contribution is -2.26. The third kappa shape index (κ3) is 7.23. The number of ether oxygens (including phenoxy) is 1. The summed E-state index contributed by atoms with van der Waals surface area (Å²) in [4.78, 5) is 11.2. The van der Waals surface area contributed by atoms with Gasteiger partial charge in [-0.3, -0.25) is 4.57 Å². The molecule has 0 saturated heterocycles. The smallest absolute Gasteiger partial charge is 0.139 e. The molecule has 0 N–H and O–H groups in total. The number of anilines is 4. The highest BCUT2D eigenvalue weighted by Crippen LogP contribution is 2.52. The number of thiophene rings is 1. The molecule has 0 saturated carbocycles. The van der Waals surface area contributed by atoms with E-state index in [1.165, 1.54) is 55.4 Å². The second-order valence-corrected chi connectivity index (χ2v) is 20.3. The highest BCUT2D eigenvalue weighted by molar-refractivity contribution is 7.16. The van der Waals surface area contributed by atoms with Crippen LogP contribution >= 0.6 is 11.3 Å². The molecule has 0 atom stereocenters. The number of hydrogen-bond acceptors (Lipinski definition) is 5. The number of rotatable bonds is 7. The predicted octanol–water partition coefficient (Wildman–Crippen LogP) is 16.7. The molecule has 10 aromatic rings. The van der Waals surface area contributed by atoms with E-state index in [1.807, 2.05) is 0 Å². The molecule has 0 amide bonds. The molecule has 65 heavy (non-hydrogen) atoms. The van der Waals surface area contributed by atoms with Gasteiger partial charge in [-0.2, -0.15) is 0 Å². The van der Waals surface area contributed by atoms with E-state index < -0.39 is 0 Å². The van der Waals surface area contributed by atoms with Crippen LogP contribution in [0.2, 0.25) is 0 Å². The molecule has 0 radical (unpaired) electrons. The number of benzene rings is 7. The Balaban J connectivity index is 1.04.